The second-order valence-corrected chi connectivity index (χ2v) is 10.5. The van der Waals surface area contributed by atoms with Gasteiger partial charge in [0, 0.05) is 29.1 Å². The molecule has 21 heavy (non-hydrogen) atoms. The number of thiazole rings is 1. The molecule has 0 amide bonds. The highest BCUT2D eigenvalue weighted by atomic mass is 32.1. The number of hydrogen-bond donors (Lipinski definition) is 1. The largest absolute Gasteiger partial charge is 0.309 e. The highest BCUT2D eigenvalue weighted by Gasteiger charge is 2.38. The zero-order valence-corrected chi connectivity index (χ0v) is 15.7. The molecule has 0 atom stereocenters. The number of aromatic nitrogens is 1. The standard InChI is InChI=1S/C18H32N2S/c1-16(2,3)15-20-11-14(21-15)10-19-13-8-17(4,5)12-18(6,7)9-13/h11,13,19H,8-10,12H2,1-7H3. The van der Waals surface area contributed by atoms with Gasteiger partial charge in [0.1, 0.15) is 0 Å². The monoisotopic (exact) mass is 308 g/mol. The van der Waals surface area contributed by atoms with Crippen LogP contribution < -0.4 is 5.32 Å². The van der Waals surface area contributed by atoms with Gasteiger partial charge in [-0.2, -0.15) is 0 Å². The highest BCUT2D eigenvalue weighted by Crippen LogP contribution is 2.45. The number of nitrogens with zero attached hydrogens (tertiary/aromatic N) is 1. The van der Waals surface area contributed by atoms with Crippen LogP contribution in [0.15, 0.2) is 6.20 Å². The van der Waals surface area contributed by atoms with Crippen molar-refractivity contribution >= 4 is 11.3 Å². The lowest BCUT2D eigenvalue weighted by Crippen LogP contribution is -2.43. The summed E-state index contributed by atoms with van der Waals surface area (Å²) in [5.41, 5.74) is 1.06. The van der Waals surface area contributed by atoms with Gasteiger partial charge in [0.25, 0.3) is 0 Å². The molecule has 0 radical (unpaired) electrons. The summed E-state index contributed by atoms with van der Waals surface area (Å²) < 4.78 is 0. The molecule has 0 aromatic carbocycles. The molecule has 1 heterocycles. The topological polar surface area (TPSA) is 24.9 Å². The quantitative estimate of drug-likeness (QED) is 0.836. The third kappa shape index (κ3) is 4.79. The van der Waals surface area contributed by atoms with Crippen molar-refractivity contribution in [2.45, 2.75) is 85.7 Å². The third-order valence-corrected chi connectivity index (χ3v) is 5.74. The Morgan fingerprint density at radius 1 is 1.19 bits per heavy atom. The molecule has 2 nitrogen and oxygen atoms in total. The first kappa shape index (κ1) is 17.0. The molecule has 0 aliphatic heterocycles. The van der Waals surface area contributed by atoms with E-state index < -0.39 is 0 Å². The van der Waals surface area contributed by atoms with Crippen LogP contribution in [0.3, 0.4) is 0 Å². The first-order chi connectivity index (χ1) is 9.47. The molecule has 1 aromatic rings. The van der Waals surface area contributed by atoms with Crippen molar-refractivity contribution in [1.82, 2.24) is 10.3 Å². The van der Waals surface area contributed by atoms with Crippen molar-refractivity contribution < 1.29 is 0 Å². The third-order valence-electron chi connectivity index (χ3n) is 4.32. The fraction of sp³-hybridized carbons (Fsp3) is 0.833. The SMILES string of the molecule is CC1(C)CC(NCc2cnc(C(C)(C)C)s2)CC(C)(C)C1. The van der Waals surface area contributed by atoms with E-state index >= 15 is 0 Å². The van der Waals surface area contributed by atoms with Gasteiger partial charge < -0.3 is 5.32 Å². The fourth-order valence-electron chi connectivity index (χ4n) is 3.97. The van der Waals surface area contributed by atoms with E-state index in [9.17, 15) is 0 Å². The molecular formula is C18H32N2S. The predicted molar refractivity (Wildman–Crippen MR) is 92.9 cm³/mol. The zero-order chi connectivity index (χ0) is 15.9. The van der Waals surface area contributed by atoms with Crippen LogP contribution in [0.2, 0.25) is 0 Å². The van der Waals surface area contributed by atoms with Gasteiger partial charge in [-0.1, -0.05) is 48.5 Å². The Labute approximate surface area is 134 Å². The summed E-state index contributed by atoms with van der Waals surface area (Å²) in [7, 11) is 0. The zero-order valence-electron chi connectivity index (χ0n) is 14.8. The van der Waals surface area contributed by atoms with Crippen molar-refractivity contribution in [3.05, 3.63) is 16.1 Å². The number of rotatable bonds is 3. The first-order valence-corrected chi connectivity index (χ1v) is 8.97. The molecule has 1 aliphatic rings. The molecule has 120 valence electrons. The lowest BCUT2D eigenvalue weighted by Gasteiger charge is -2.45. The van der Waals surface area contributed by atoms with Crippen molar-refractivity contribution in [3.63, 3.8) is 0 Å². The second kappa shape index (κ2) is 5.66. The van der Waals surface area contributed by atoms with Crippen molar-refractivity contribution in [3.8, 4) is 0 Å². The van der Waals surface area contributed by atoms with E-state index in [1.807, 2.05) is 11.3 Å². The molecule has 3 heteroatoms. The lowest BCUT2D eigenvalue weighted by atomic mass is 9.63. The van der Waals surface area contributed by atoms with Gasteiger partial charge in [-0.3, -0.25) is 0 Å². The van der Waals surface area contributed by atoms with E-state index in [-0.39, 0.29) is 5.41 Å². The van der Waals surface area contributed by atoms with Crippen LogP contribution in [0.25, 0.3) is 0 Å². The highest BCUT2D eigenvalue weighted by molar-refractivity contribution is 7.11. The van der Waals surface area contributed by atoms with E-state index in [1.165, 1.54) is 29.1 Å². The second-order valence-electron chi connectivity index (χ2n) is 9.37. The number of nitrogens with one attached hydrogen (secondary N) is 1. The average molecular weight is 309 g/mol. The van der Waals surface area contributed by atoms with E-state index in [1.54, 1.807) is 0 Å². The Morgan fingerprint density at radius 3 is 2.24 bits per heavy atom. The normalized spacial score (nSPS) is 22.4. The van der Waals surface area contributed by atoms with E-state index in [2.05, 4.69) is 65.0 Å². The maximum Gasteiger partial charge on any atom is 0.0981 e. The number of hydrogen-bond acceptors (Lipinski definition) is 3. The van der Waals surface area contributed by atoms with Gasteiger partial charge >= 0.3 is 0 Å². The minimum Gasteiger partial charge on any atom is -0.309 e. The van der Waals surface area contributed by atoms with Gasteiger partial charge in [-0.25, -0.2) is 4.98 Å². The van der Waals surface area contributed by atoms with Gasteiger partial charge in [0.15, 0.2) is 0 Å². The first-order valence-electron chi connectivity index (χ1n) is 8.16. The molecule has 1 saturated carbocycles. The Hall–Kier alpha value is -0.410. The fourth-order valence-corrected chi connectivity index (χ4v) is 4.89. The summed E-state index contributed by atoms with van der Waals surface area (Å²) in [6, 6.07) is 0.629. The summed E-state index contributed by atoms with van der Waals surface area (Å²) >= 11 is 1.85. The summed E-state index contributed by atoms with van der Waals surface area (Å²) in [6.07, 6.45) is 5.94. The molecule has 1 fully saturated rings. The molecular weight excluding hydrogens is 276 g/mol. The van der Waals surface area contributed by atoms with Gasteiger partial charge in [0.2, 0.25) is 0 Å². The lowest BCUT2D eigenvalue weighted by molar-refractivity contribution is 0.0846. The molecule has 0 spiro atoms. The van der Waals surface area contributed by atoms with E-state index in [0.29, 0.717) is 16.9 Å². The maximum atomic E-state index is 4.59. The minimum absolute atomic E-state index is 0.164. The van der Waals surface area contributed by atoms with Crippen LogP contribution >= 0.6 is 11.3 Å². The molecule has 0 bridgehead atoms. The van der Waals surface area contributed by atoms with Gasteiger partial charge in [0.05, 0.1) is 5.01 Å². The van der Waals surface area contributed by atoms with Gasteiger partial charge in [-0.15, -0.1) is 11.3 Å². The minimum atomic E-state index is 0.164. The average Bonchev–Trinajstić information content (AvgIpc) is 2.69. The molecule has 1 aromatic heterocycles. The summed E-state index contributed by atoms with van der Waals surface area (Å²) in [5.74, 6) is 0. The molecule has 0 saturated heterocycles. The van der Waals surface area contributed by atoms with Gasteiger partial charge in [-0.05, 0) is 30.1 Å². The van der Waals surface area contributed by atoms with Crippen LogP contribution in [0.5, 0.6) is 0 Å². The predicted octanol–water partition coefficient (Wildman–Crippen LogP) is 5.14. The van der Waals surface area contributed by atoms with Crippen LogP contribution in [-0.2, 0) is 12.0 Å². The Bertz CT molecular complexity index is 464. The molecule has 2 rings (SSSR count). The molecule has 1 N–H and O–H groups in total. The summed E-state index contributed by atoms with van der Waals surface area (Å²) in [5, 5.41) is 5.02. The van der Waals surface area contributed by atoms with Crippen molar-refractivity contribution in [2.75, 3.05) is 0 Å². The van der Waals surface area contributed by atoms with Crippen LogP contribution in [0, 0.1) is 10.8 Å². The van der Waals surface area contributed by atoms with Crippen LogP contribution in [-0.4, -0.2) is 11.0 Å². The van der Waals surface area contributed by atoms with E-state index in [4.69, 9.17) is 0 Å². The van der Waals surface area contributed by atoms with E-state index in [0.717, 1.165) is 6.54 Å². The van der Waals surface area contributed by atoms with Crippen molar-refractivity contribution in [2.24, 2.45) is 10.8 Å². The molecule has 0 unspecified atom stereocenters. The Morgan fingerprint density at radius 2 is 1.76 bits per heavy atom. The van der Waals surface area contributed by atoms with Crippen LogP contribution in [0.1, 0.15) is 77.6 Å². The Kier molecular flexibility index (Phi) is 4.57. The Balaban J connectivity index is 1.95. The summed E-state index contributed by atoms with van der Waals surface area (Å²) in [4.78, 5) is 5.95. The summed E-state index contributed by atoms with van der Waals surface area (Å²) in [6.45, 7) is 17.3. The molecule has 1 aliphatic carbocycles. The maximum absolute atomic E-state index is 4.59. The van der Waals surface area contributed by atoms with Crippen LogP contribution in [0.4, 0.5) is 0 Å². The smallest absolute Gasteiger partial charge is 0.0981 e. The van der Waals surface area contributed by atoms with Crippen molar-refractivity contribution in [1.29, 1.82) is 0 Å².